The summed E-state index contributed by atoms with van der Waals surface area (Å²) in [7, 11) is 1.93. The molecule has 0 amide bonds. The molecule has 1 atom stereocenters. The van der Waals surface area contributed by atoms with Crippen LogP contribution in [0, 0.1) is 5.82 Å². The van der Waals surface area contributed by atoms with Gasteiger partial charge in [0, 0.05) is 67.4 Å². The molecule has 4 heterocycles. The van der Waals surface area contributed by atoms with E-state index in [4.69, 9.17) is 24.0 Å². The second-order valence-corrected chi connectivity index (χ2v) is 13.4. The van der Waals surface area contributed by atoms with E-state index in [-0.39, 0.29) is 24.5 Å². The molecule has 0 saturated carbocycles. The Morgan fingerprint density at radius 1 is 0.961 bits per heavy atom. The number of hydrogen-bond acceptors (Lipinski definition) is 7. The Morgan fingerprint density at radius 2 is 1.78 bits per heavy atom. The summed E-state index contributed by atoms with van der Waals surface area (Å²) in [6.45, 7) is 9.75. The van der Waals surface area contributed by atoms with Gasteiger partial charge in [0.15, 0.2) is 0 Å². The van der Waals surface area contributed by atoms with Crippen molar-refractivity contribution in [3.63, 3.8) is 0 Å². The summed E-state index contributed by atoms with van der Waals surface area (Å²) < 4.78 is 44.8. The third-order valence-electron chi connectivity index (χ3n) is 10.3. The van der Waals surface area contributed by atoms with E-state index in [1.807, 2.05) is 53.6 Å². The molecule has 51 heavy (non-hydrogen) atoms. The summed E-state index contributed by atoms with van der Waals surface area (Å²) in [4.78, 5) is 16.3. The molecule has 9 nitrogen and oxygen atoms in total. The van der Waals surface area contributed by atoms with Gasteiger partial charge in [0.2, 0.25) is 0 Å². The zero-order valence-corrected chi connectivity index (χ0v) is 30.1. The molecule has 10 heteroatoms. The van der Waals surface area contributed by atoms with Crippen molar-refractivity contribution < 1.29 is 28.1 Å². The summed E-state index contributed by atoms with van der Waals surface area (Å²) in [5.41, 5.74) is 5.04. The molecule has 0 bridgehead atoms. The standard InChI is InChI=1S/C41H49FN4O5/c1-4-33-37-36-32(42)18-17-31-30(15-11-25-50-34-16-10-13-28-12-6-7-14-29(28)34)40(41(47)49-5-2)46(39(31)36)20-8-9-24-51-35(38(37)43-44(33)3)19-21-45-22-26-48-27-23-45/h6-7,10,12-14,16-18,35H,4-5,8-9,11,15,19-27H2,1-3H3. The van der Waals surface area contributed by atoms with Crippen molar-refractivity contribution in [1.82, 2.24) is 19.2 Å². The Kier molecular flexibility index (Phi) is 11.0. The molecular weight excluding hydrogens is 647 g/mol. The number of esters is 1. The molecule has 2 aliphatic heterocycles. The monoisotopic (exact) mass is 696 g/mol. The number of aromatic nitrogens is 3. The first-order chi connectivity index (χ1) is 25.0. The van der Waals surface area contributed by atoms with Gasteiger partial charge in [-0.3, -0.25) is 9.58 Å². The zero-order chi connectivity index (χ0) is 35.3. The number of morpholine rings is 1. The van der Waals surface area contributed by atoms with Gasteiger partial charge in [0.1, 0.15) is 23.4 Å². The number of nitrogens with zero attached hydrogens (tertiary/aromatic N) is 4. The number of hydrogen-bond donors (Lipinski definition) is 0. The lowest BCUT2D eigenvalue weighted by Gasteiger charge is -2.28. The van der Waals surface area contributed by atoms with E-state index in [2.05, 4.69) is 30.0 Å². The highest BCUT2D eigenvalue weighted by Gasteiger charge is 2.33. The van der Waals surface area contributed by atoms with Gasteiger partial charge in [-0.15, -0.1) is 0 Å². The average molecular weight is 697 g/mol. The lowest BCUT2D eigenvalue weighted by Crippen LogP contribution is -2.37. The minimum absolute atomic E-state index is 0.247. The number of fused-ring (bicyclic) bond motifs is 3. The Hall–Kier alpha value is -4.25. The molecule has 0 N–H and O–H groups in total. The van der Waals surface area contributed by atoms with E-state index >= 15 is 4.39 Å². The molecule has 2 aliphatic rings. The SMILES string of the molecule is CCOC(=O)c1c(CCCOc2cccc3ccccc23)c2ccc(F)c3c2n1CCCCOC(CCN1CCOCC1)c1nn(C)c(CC)c1-3. The Balaban J connectivity index is 1.31. The van der Waals surface area contributed by atoms with Crippen LogP contribution in [-0.4, -0.2) is 77.9 Å². The van der Waals surface area contributed by atoms with Crippen molar-refractivity contribution in [2.45, 2.75) is 65.0 Å². The van der Waals surface area contributed by atoms with Gasteiger partial charge >= 0.3 is 5.97 Å². The van der Waals surface area contributed by atoms with Gasteiger partial charge in [-0.05, 0) is 74.6 Å². The summed E-state index contributed by atoms with van der Waals surface area (Å²) >= 11 is 0. The quantitative estimate of drug-likeness (QED) is 0.104. The second kappa shape index (κ2) is 16.0. The Labute approximate surface area is 299 Å². The van der Waals surface area contributed by atoms with Crippen LogP contribution in [0.5, 0.6) is 5.75 Å². The van der Waals surface area contributed by atoms with Crippen molar-refractivity contribution in [2.24, 2.45) is 7.05 Å². The smallest absolute Gasteiger partial charge is 0.355 e. The van der Waals surface area contributed by atoms with Crippen LogP contribution in [0.2, 0.25) is 0 Å². The largest absolute Gasteiger partial charge is 0.493 e. The molecule has 0 radical (unpaired) electrons. The first kappa shape index (κ1) is 35.2. The molecular formula is C41H49FN4O5. The van der Waals surface area contributed by atoms with Crippen LogP contribution in [0.1, 0.15) is 73.1 Å². The summed E-state index contributed by atoms with van der Waals surface area (Å²) in [6, 6.07) is 17.6. The van der Waals surface area contributed by atoms with Gasteiger partial charge < -0.3 is 23.5 Å². The van der Waals surface area contributed by atoms with Crippen LogP contribution in [0.4, 0.5) is 4.39 Å². The first-order valence-corrected chi connectivity index (χ1v) is 18.6. The topological polar surface area (TPSA) is 80.0 Å². The molecule has 2 aromatic heterocycles. The summed E-state index contributed by atoms with van der Waals surface area (Å²) in [5, 5.41) is 8.10. The van der Waals surface area contributed by atoms with Crippen LogP contribution >= 0.6 is 0 Å². The fraction of sp³-hybridized carbons (Fsp3) is 0.463. The molecule has 1 unspecified atom stereocenters. The van der Waals surface area contributed by atoms with E-state index in [1.165, 1.54) is 0 Å². The van der Waals surface area contributed by atoms with Crippen molar-refractivity contribution in [2.75, 3.05) is 52.7 Å². The lowest BCUT2D eigenvalue weighted by molar-refractivity contribution is 0.00973. The van der Waals surface area contributed by atoms with E-state index < -0.39 is 0 Å². The maximum atomic E-state index is 16.7. The number of benzene rings is 3. The fourth-order valence-corrected chi connectivity index (χ4v) is 7.90. The van der Waals surface area contributed by atoms with Crippen molar-refractivity contribution in [3.05, 3.63) is 83.1 Å². The average Bonchev–Trinajstić information content (AvgIpc) is 3.64. The number of aryl methyl sites for hydroxylation is 3. The number of carbonyl (C=O) groups is 1. The molecule has 5 aromatic rings. The third-order valence-corrected chi connectivity index (χ3v) is 10.3. The molecule has 0 spiro atoms. The minimum Gasteiger partial charge on any atom is -0.493 e. The first-order valence-electron chi connectivity index (χ1n) is 18.6. The van der Waals surface area contributed by atoms with Gasteiger partial charge in [0.05, 0.1) is 37.6 Å². The van der Waals surface area contributed by atoms with Crippen LogP contribution in [-0.2, 0) is 40.6 Å². The highest BCUT2D eigenvalue weighted by atomic mass is 19.1. The predicted molar refractivity (Wildman–Crippen MR) is 197 cm³/mol. The zero-order valence-electron chi connectivity index (χ0n) is 30.1. The molecule has 1 fully saturated rings. The summed E-state index contributed by atoms with van der Waals surface area (Å²) in [5.74, 6) is 0.112. The third kappa shape index (κ3) is 7.14. The van der Waals surface area contributed by atoms with Gasteiger partial charge in [-0.25, -0.2) is 9.18 Å². The van der Waals surface area contributed by atoms with Gasteiger partial charge in [-0.1, -0.05) is 43.3 Å². The molecule has 7 rings (SSSR count). The number of ether oxygens (including phenoxy) is 4. The molecule has 0 aliphatic carbocycles. The molecule has 3 aromatic carbocycles. The maximum absolute atomic E-state index is 16.7. The van der Waals surface area contributed by atoms with Crippen molar-refractivity contribution >= 4 is 27.6 Å². The predicted octanol–water partition coefficient (Wildman–Crippen LogP) is 7.66. The Bertz CT molecular complexity index is 1990. The van der Waals surface area contributed by atoms with Gasteiger partial charge in [0.25, 0.3) is 0 Å². The number of halogens is 1. The van der Waals surface area contributed by atoms with Crippen LogP contribution in [0.15, 0.2) is 54.6 Å². The van der Waals surface area contributed by atoms with Crippen LogP contribution in [0.3, 0.4) is 0 Å². The van der Waals surface area contributed by atoms with Crippen molar-refractivity contribution in [3.8, 4) is 16.9 Å². The minimum atomic E-state index is -0.387. The molecule has 270 valence electrons. The Morgan fingerprint density at radius 3 is 2.61 bits per heavy atom. The number of carbonyl (C=O) groups excluding carboxylic acids is 1. The maximum Gasteiger partial charge on any atom is 0.355 e. The highest BCUT2D eigenvalue weighted by molar-refractivity contribution is 6.05. The fourth-order valence-electron chi connectivity index (χ4n) is 7.90. The normalized spacial score (nSPS) is 17.0. The van der Waals surface area contributed by atoms with Crippen LogP contribution in [0.25, 0.3) is 32.8 Å². The lowest BCUT2D eigenvalue weighted by atomic mass is 9.94. The second-order valence-electron chi connectivity index (χ2n) is 13.4. The van der Waals surface area contributed by atoms with E-state index in [0.717, 1.165) is 102 Å². The highest BCUT2D eigenvalue weighted by Crippen LogP contribution is 2.43. The van der Waals surface area contributed by atoms with E-state index in [0.29, 0.717) is 50.3 Å². The van der Waals surface area contributed by atoms with E-state index in [1.54, 1.807) is 6.07 Å². The van der Waals surface area contributed by atoms with Gasteiger partial charge in [-0.2, -0.15) is 5.10 Å². The number of rotatable bonds is 11. The van der Waals surface area contributed by atoms with Crippen molar-refractivity contribution in [1.29, 1.82) is 0 Å². The molecule has 1 saturated heterocycles. The van der Waals surface area contributed by atoms with E-state index in [9.17, 15) is 4.79 Å². The van der Waals surface area contributed by atoms with Crippen LogP contribution < -0.4 is 4.74 Å². The summed E-state index contributed by atoms with van der Waals surface area (Å²) in [6.07, 6.45) is 3.88.